The summed E-state index contributed by atoms with van der Waals surface area (Å²) in [5, 5.41) is 8.68. The Morgan fingerprint density at radius 2 is 1.76 bits per heavy atom. The van der Waals surface area contributed by atoms with Crippen molar-refractivity contribution in [3.8, 4) is 11.8 Å². The van der Waals surface area contributed by atoms with Crippen LogP contribution < -0.4 is 4.72 Å². The fourth-order valence-corrected chi connectivity index (χ4v) is 4.20. The number of sulfonamides is 1. The van der Waals surface area contributed by atoms with Gasteiger partial charge in [-0.15, -0.1) is 0 Å². The number of nitrogens with one attached hydrogen (secondary N) is 1. The Morgan fingerprint density at radius 3 is 2.19 bits per heavy atom. The van der Waals surface area contributed by atoms with Crippen LogP contribution >= 0.6 is 23.2 Å². The van der Waals surface area contributed by atoms with Gasteiger partial charge in [0.1, 0.15) is 4.90 Å². The fourth-order valence-electron chi connectivity index (χ4n) is 1.56. The van der Waals surface area contributed by atoms with E-state index in [0.29, 0.717) is 12.0 Å². The predicted molar refractivity (Wildman–Crippen MR) is 85.1 cm³/mol. The Bertz CT molecular complexity index is 659. The van der Waals surface area contributed by atoms with Crippen LogP contribution in [0.25, 0.3) is 0 Å². The minimum absolute atomic E-state index is 0.00699. The Balaban J connectivity index is 3.26. The average molecular weight is 350 g/mol. The van der Waals surface area contributed by atoms with E-state index < -0.39 is 15.6 Å². The maximum absolute atomic E-state index is 12.3. The molecule has 0 aromatic heterocycles. The van der Waals surface area contributed by atoms with Crippen LogP contribution in [0.3, 0.4) is 0 Å². The van der Waals surface area contributed by atoms with E-state index in [1.165, 1.54) is 12.1 Å². The molecule has 0 bridgehead atoms. The molecule has 7 heteroatoms. The number of halogens is 2. The summed E-state index contributed by atoms with van der Waals surface area (Å²) in [6, 6.07) is 2.88. The van der Waals surface area contributed by atoms with E-state index in [9.17, 15) is 8.42 Å². The third-order valence-electron chi connectivity index (χ3n) is 2.18. The highest BCUT2D eigenvalue weighted by molar-refractivity contribution is 7.89. The number of hydrogen-bond acceptors (Lipinski definition) is 3. The highest BCUT2D eigenvalue weighted by Crippen LogP contribution is 2.31. The summed E-state index contributed by atoms with van der Waals surface area (Å²) in [6.07, 6.45) is 0.320. The van der Waals surface area contributed by atoms with Gasteiger partial charge in [0.05, 0.1) is 16.7 Å². The zero-order chi connectivity index (χ0) is 16.3. The maximum atomic E-state index is 12.3. The van der Waals surface area contributed by atoms with E-state index in [4.69, 9.17) is 28.3 Å². The lowest BCUT2D eigenvalue weighted by Crippen LogP contribution is -2.40. The van der Waals surface area contributed by atoms with E-state index in [1.54, 1.807) is 20.8 Å². The second kappa shape index (κ2) is 6.99. The molecule has 0 saturated carbocycles. The van der Waals surface area contributed by atoms with E-state index in [2.05, 4.69) is 16.6 Å². The van der Waals surface area contributed by atoms with Crippen molar-refractivity contribution in [1.82, 2.24) is 4.72 Å². The van der Waals surface area contributed by atoms with Gasteiger partial charge < -0.3 is 5.11 Å². The lowest BCUT2D eigenvalue weighted by atomic mass is 10.1. The van der Waals surface area contributed by atoms with Crippen LogP contribution in [0.2, 0.25) is 10.0 Å². The van der Waals surface area contributed by atoms with Crippen molar-refractivity contribution in [2.75, 3.05) is 6.61 Å². The fraction of sp³-hybridized carbons (Fsp3) is 0.429. The SMILES string of the molecule is CC(C)(C)NS(=O)(=O)c1c(Cl)cc(C#CCCO)cc1Cl. The van der Waals surface area contributed by atoms with Gasteiger partial charge in [0, 0.05) is 17.5 Å². The monoisotopic (exact) mass is 349 g/mol. The van der Waals surface area contributed by atoms with Gasteiger partial charge in [-0.25, -0.2) is 13.1 Å². The Hall–Kier alpha value is -0.770. The second-order valence-electron chi connectivity index (χ2n) is 5.40. The zero-order valence-corrected chi connectivity index (χ0v) is 14.3. The molecular formula is C14H17Cl2NO3S. The van der Waals surface area contributed by atoms with Crippen molar-refractivity contribution < 1.29 is 13.5 Å². The second-order valence-corrected chi connectivity index (χ2v) is 7.83. The maximum Gasteiger partial charge on any atom is 0.244 e. The summed E-state index contributed by atoms with van der Waals surface area (Å²) in [5.41, 5.74) is -0.154. The number of aliphatic hydroxyl groups excluding tert-OH is 1. The van der Waals surface area contributed by atoms with Crippen molar-refractivity contribution in [3.63, 3.8) is 0 Å². The molecule has 1 rings (SSSR count). The molecule has 0 aliphatic rings. The Morgan fingerprint density at radius 1 is 1.24 bits per heavy atom. The molecule has 0 amide bonds. The zero-order valence-electron chi connectivity index (χ0n) is 12.0. The molecule has 0 fully saturated rings. The van der Waals surface area contributed by atoms with Crippen molar-refractivity contribution >= 4 is 33.2 Å². The number of aliphatic hydroxyl groups is 1. The van der Waals surface area contributed by atoms with Gasteiger partial charge in [0.2, 0.25) is 10.0 Å². The van der Waals surface area contributed by atoms with Crippen LogP contribution in [0.15, 0.2) is 17.0 Å². The van der Waals surface area contributed by atoms with Crippen LogP contribution in [0, 0.1) is 11.8 Å². The minimum atomic E-state index is -3.82. The summed E-state index contributed by atoms with van der Waals surface area (Å²) in [4.78, 5) is -0.159. The number of rotatable bonds is 3. The van der Waals surface area contributed by atoms with Gasteiger partial charge in [-0.3, -0.25) is 0 Å². The molecule has 1 aromatic carbocycles. The highest BCUT2D eigenvalue weighted by Gasteiger charge is 2.27. The van der Waals surface area contributed by atoms with Gasteiger partial charge >= 0.3 is 0 Å². The van der Waals surface area contributed by atoms with Gasteiger partial charge in [-0.05, 0) is 32.9 Å². The topological polar surface area (TPSA) is 66.4 Å². The average Bonchev–Trinajstić information content (AvgIpc) is 2.24. The number of hydrogen-bond donors (Lipinski definition) is 2. The predicted octanol–water partition coefficient (Wildman–Crippen LogP) is 2.80. The van der Waals surface area contributed by atoms with Crippen molar-refractivity contribution in [3.05, 3.63) is 27.7 Å². The van der Waals surface area contributed by atoms with E-state index in [1.807, 2.05) is 0 Å². The van der Waals surface area contributed by atoms with E-state index in [0.717, 1.165) is 0 Å². The number of benzene rings is 1. The van der Waals surface area contributed by atoms with Gasteiger partial charge in [-0.1, -0.05) is 35.0 Å². The molecule has 0 radical (unpaired) electrons. The largest absolute Gasteiger partial charge is 0.395 e. The lowest BCUT2D eigenvalue weighted by Gasteiger charge is -2.21. The van der Waals surface area contributed by atoms with Crippen molar-refractivity contribution in [2.24, 2.45) is 0 Å². The lowest BCUT2D eigenvalue weighted by molar-refractivity contribution is 0.305. The summed E-state index contributed by atoms with van der Waals surface area (Å²) in [6.45, 7) is 5.12. The normalized spacial score (nSPS) is 11.9. The molecule has 2 N–H and O–H groups in total. The Kier molecular flexibility index (Phi) is 6.09. The Labute approximate surface area is 135 Å². The van der Waals surface area contributed by atoms with Gasteiger partial charge in [-0.2, -0.15) is 0 Å². The first-order valence-electron chi connectivity index (χ1n) is 6.19. The molecule has 0 spiro atoms. The molecule has 0 unspecified atom stereocenters. The molecule has 116 valence electrons. The standard InChI is InChI=1S/C14H17Cl2NO3S/c1-14(2,3)17-21(19,20)13-11(15)8-10(9-12(13)16)6-4-5-7-18/h8-9,17-18H,5,7H2,1-3H3. The van der Waals surface area contributed by atoms with Crippen LogP contribution in [0.4, 0.5) is 0 Å². The molecule has 1 aromatic rings. The molecule has 21 heavy (non-hydrogen) atoms. The molecule has 0 heterocycles. The van der Waals surface area contributed by atoms with Crippen LogP contribution in [0.5, 0.6) is 0 Å². The molecule has 0 atom stereocenters. The van der Waals surface area contributed by atoms with E-state index >= 15 is 0 Å². The van der Waals surface area contributed by atoms with Crippen molar-refractivity contribution in [1.29, 1.82) is 0 Å². The van der Waals surface area contributed by atoms with Crippen LogP contribution in [-0.2, 0) is 10.0 Å². The van der Waals surface area contributed by atoms with E-state index in [-0.39, 0.29) is 21.5 Å². The first-order chi connectivity index (χ1) is 9.57. The smallest absolute Gasteiger partial charge is 0.244 e. The van der Waals surface area contributed by atoms with Gasteiger partial charge in [0.15, 0.2) is 0 Å². The summed E-state index contributed by atoms with van der Waals surface area (Å²) in [5.74, 6) is 5.48. The molecule has 0 saturated heterocycles. The third kappa shape index (κ3) is 5.50. The highest BCUT2D eigenvalue weighted by atomic mass is 35.5. The first kappa shape index (κ1) is 18.3. The van der Waals surface area contributed by atoms with Crippen LogP contribution in [-0.4, -0.2) is 25.7 Å². The van der Waals surface area contributed by atoms with Crippen LogP contribution in [0.1, 0.15) is 32.8 Å². The summed E-state index contributed by atoms with van der Waals surface area (Å²) >= 11 is 12.1. The minimum Gasteiger partial charge on any atom is -0.395 e. The molecule has 0 aliphatic heterocycles. The molecule has 0 aliphatic carbocycles. The summed E-state index contributed by atoms with van der Waals surface area (Å²) < 4.78 is 27.1. The third-order valence-corrected chi connectivity index (χ3v) is 4.86. The quantitative estimate of drug-likeness (QED) is 0.824. The first-order valence-corrected chi connectivity index (χ1v) is 8.43. The molecular weight excluding hydrogens is 333 g/mol. The van der Waals surface area contributed by atoms with Gasteiger partial charge in [0.25, 0.3) is 0 Å². The van der Waals surface area contributed by atoms with Crippen molar-refractivity contribution in [2.45, 2.75) is 37.6 Å². The summed E-state index contributed by atoms with van der Waals surface area (Å²) in [7, 11) is -3.82. The molecule has 4 nitrogen and oxygen atoms in total.